The van der Waals surface area contributed by atoms with Crippen LogP contribution in [-0.2, 0) is 9.47 Å². The zero-order valence-corrected chi connectivity index (χ0v) is 15.9. The van der Waals surface area contributed by atoms with E-state index in [0.717, 1.165) is 0 Å². The number of ether oxygens (including phenoxy) is 3. The molecule has 2 heterocycles. The molecule has 2 unspecified atom stereocenters. The first kappa shape index (κ1) is 18.7. The van der Waals surface area contributed by atoms with Crippen molar-refractivity contribution in [3.8, 4) is 5.75 Å². The zero-order chi connectivity index (χ0) is 18.9. The molecule has 3 rings (SSSR count). The first-order valence-electron chi connectivity index (χ1n) is 9.06. The lowest BCUT2D eigenvalue weighted by Gasteiger charge is -2.47. The maximum Gasteiger partial charge on any atom is 0.410 e. The molecule has 2 saturated heterocycles. The molecule has 1 aromatic rings. The molecule has 0 N–H and O–H groups in total. The number of nitrogens with zero attached hydrogens (tertiary/aromatic N) is 1. The molecule has 1 aromatic carbocycles. The van der Waals surface area contributed by atoms with Gasteiger partial charge < -0.3 is 14.2 Å². The minimum absolute atomic E-state index is 0.102. The third-order valence-corrected chi connectivity index (χ3v) is 4.85. The number of carbonyl (C=O) groups excluding carboxylic acids is 2. The fourth-order valence-corrected chi connectivity index (χ4v) is 3.75. The van der Waals surface area contributed by atoms with E-state index in [0.29, 0.717) is 37.4 Å². The van der Waals surface area contributed by atoms with Gasteiger partial charge in [0.15, 0.2) is 5.78 Å². The van der Waals surface area contributed by atoms with Gasteiger partial charge in [0.2, 0.25) is 0 Å². The summed E-state index contributed by atoms with van der Waals surface area (Å²) in [7, 11) is 1.59. The van der Waals surface area contributed by atoms with Crippen LogP contribution in [0.1, 0.15) is 44.0 Å². The highest BCUT2D eigenvalue weighted by molar-refractivity contribution is 5.98. The Morgan fingerprint density at radius 3 is 2.38 bits per heavy atom. The van der Waals surface area contributed by atoms with Crippen molar-refractivity contribution in [2.45, 2.75) is 51.3 Å². The molecule has 1 amide bonds. The Kier molecular flexibility index (Phi) is 5.23. The Labute approximate surface area is 154 Å². The number of methoxy groups -OCH3 is 1. The molecule has 0 saturated carbocycles. The van der Waals surface area contributed by atoms with Gasteiger partial charge in [0, 0.05) is 11.5 Å². The molecule has 0 aromatic heterocycles. The molecular formula is C20H27NO5. The smallest absolute Gasteiger partial charge is 0.410 e. The standard InChI is InChI=1S/C20H27NO5/c1-20(2,3)26-19(23)21-15-8-14(9-16(21)12-25-11-15)18(22)13-6-5-7-17(10-13)24-4/h5-7,10,14-16H,8-9,11-12H2,1-4H3. The van der Waals surface area contributed by atoms with Crippen LogP contribution in [0, 0.1) is 5.92 Å². The van der Waals surface area contributed by atoms with Crippen molar-refractivity contribution in [1.82, 2.24) is 4.90 Å². The van der Waals surface area contributed by atoms with Crippen molar-refractivity contribution in [2.75, 3.05) is 20.3 Å². The highest BCUT2D eigenvalue weighted by atomic mass is 16.6. The van der Waals surface area contributed by atoms with E-state index >= 15 is 0 Å². The first-order valence-corrected chi connectivity index (χ1v) is 9.06. The molecule has 0 aliphatic carbocycles. The second-order valence-electron chi connectivity index (χ2n) is 8.00. The molecular weight excluding hydrogens is 334 g/mol. The van der Waals surface area contributed by atoms with Crippen molar-refractivity contribution in [2.24, 2.45) is 5.92 Å². The van der Waals surface area contributed by atoms with Crippen LogP contribution >= 0.6 is 0 Å². The Morgan fingerprint density at radius 1 is 1.15 bits per heavy atom. The molecule has 2 aliphatic heterocycles. The van der Waals surface area contributed by atoms with Gasteiger partial charge in [0.25, 0.3) is 0 Å². The summed E-state index contributed by atoms with van der Waals surface area (Å²) in [5, 5.41) is 0. The summed E-state index contributed by atoms with van der Waals surface area (Å²) >= 11 is 0. The molecule has 0 spiro atoms. The van der Waals surface area contributed by atoms with Crippen LogP contribution in [-0.4, -0.2) is 54.8 Å². The maximum absolute atomic E-state index is 13.0. The minimum atomic E-state index is -0.542. The van der Waals surface area contributed by atoms with E-state index in [1.165, 1.54) is 0 Å². The van der Waals surface area contributed by atoms with Crippen molar-refractivity contribution in [1.29, 1.82) is 0 Å². The minimum Gasteiger partial charge on any atom is -0.497 e. The van der Waals surface area contributed by atoms with Crippen LogP contribution in [0.5, 0.6) is 5.75 Å². The third-order valence-electron chi connectivity index (χ3n) is 4.85. The summed E-state index contributed by atoms with van der Waals surface area (Å²) in [4.78, 5) is 27.4. The van der Waals surface area contributed by atoms with Gasteiger partial charge in [-0.15, -0.1) is 0 Å². The molecule has 2 aliphatic rings. The largest absolute Gasteiger partial charge is 0.497 e. The normalized spacial score (nSPS) is 25.5. The SMILES string of the molecule is COc1cccc(C(=O)C2CC3COCC(C2)N3C(=O)OC(C)(C)C)c1. The van der Waals surface area contributed by atoms with Gasteiger partial charge in [-0.1, -0.05) is 12.1 Å². The maximum atomic E-state index is 13.0. The van der Waals surface area contributed by atoms with Crippen molar-refractivity contribution >= 4 is 11.9 Å². The fourth-order valence-electron chi connectivity index (χ4n) is 3.75. The Morgan fingerprint density at radius 2 is 1.81 bits per heavy atom. The van der Waals surface area contributed by atoms with E-state index in [4.69, 9.17) is 14.2 Å². The number of hydrogen-bond donors (Lipinski definition) is 0. The second kappa shape index (κ2) is 7.27. The quantitative estimate of drug-likeness (QED) is 0.773. The summed E-state index contributed by atoms with van der Waals surface area (Å²) in [6.45, 7) is 6.46. The van der Waals surface area contributed by atoms with E-state index in [1.807, 2.05) is 39.0 Å². The summed E-state index contributed by atoms with van der Waals surface area (Å²) in [6, 6.07) is 6.98. The molecule has 6 nitrogen and oxygen atoms in total. The van der Waals surface area contributed by atoms with E-state index in [1.54, 1.807) is 18.1 Å². The molecule has 2 fully saturated rings. The van der Waals surface area contributed by atoms with E-state index in [-0.39, 0.29) is 29.9 Å². The summed E-state index contributed by atoms with van der Waals surface area (Å²) < 4.78 is 16.4. The van der Waals surface area contributed by atoms with Crippen molar-refractivity contribution < 1.29 is 23.8 Å². The molecule has 26 heavy (non-hydrogen) atoms. The van der Waals surface area contributed by atoms with Crippen LogP contribution < -0.4 is 4.74 Å². The highest BCUT2D eigenvalue weighted by Gasteiger charge is 2.45. The van der Waals surface area contributed by atoms with Gasteiger partial charge in [-0.05, 0) is 45.7 Å². The van der Waals surface area contributed by atoms with Crippen molar-refractivity contribution in [3.63, 3.8) is 0 Å². The number of rotatable bonds is 3. The lowest BCUT2D eigenvalue weighted by Crippen LogP contribution is -2.60. The number of ketones is 1. The number of hydrogen-bond acceptors (Lipinski definition) is 5. The second-order valence-corrected chi connectivity index (χ2v) is 8.00. The Bertz CT molecular complexity index is 667. The van der Waals surface area contributed by atoms with Gasteiger partial charge in [-0.25, -0.2) is 4.79 Å². The fraction of sp³-hybridized carbons (Fsp3) is 0.600. The van der Waals surface area contributed by atoms with Gasteiger partial charge in [-0.3, -0.25) is 9.69 Å². The van der Waals surface area contributed by atoms with Gasteiger partial charge in [-0.2, -0.15) is 0 Å². The number of morpholine rings is 1. The number of Topliss-reactive ketones (excluding diaryl/α,β-unsaturated/α-hetero) is 1. The topological polar surface area (TPSA) is 65.1 Å². The van der Waals surface area contributed by atoms with Crippen molar-refractivity contribution in [3.05, 3.63) is 29.8 Å². The summed E-state index contributed by atoms with van der Waals surface area (Å²) in [5.74, 6) is 0.648. The number of fused-ring (bicyclic) bond motifs is 2. The van der Waals surface area contributed by atoms with E-state index in [9.17, 15) is 9.59 Å². The highest BCUT2D eigenvalue weighted by Crippen LogP contribution is 2.35. The Balaban J connectivity index is 1.75. The van der Waals surface area contributed by atoms with Gasteiger partial charge in [0.1, 0.15) is 11.4 Å². The number of piperidine rings is 1. The average Bonchev–Trinajstić information content (AvgIpc) is 2.58. The lowest BCUT2D eigenvalue weighted by atomic mass is 9.81. The molecule has 0 radical (unpaired) electrons. The Hall–Kier alpha value is -2.08. The lowest BCUT2D eigenvalue weighted by molar-refractivity contribution is -0.0861. The monoisotopic (exact) mass is 361 g/mol. The van der Waals surface area contributed by atoms with Gasteiger partial charge in [0.05, 0.1) is 32.4 Å². The van der Waals surface area contributed by atoms with Crippen LogP contribution in [0.2, 0.25) is 0 Å². The predicted molar refractivity (Wildman–Crippen MR) is 96.5 cm³/mol. The van der Waals surface area contributed by atoms with Crippen LogP contribution in [0.4, 0.5) is 4.79 Å². The third kappa shape index (κ3) is 4.01. The number of benzene rings is 1. The van der Waals surface area contributed by atoms with Crippen LogP contribution in [0.25, 0.3) is 0 Å². The molecule has 6 heteroatoms. The van der Waals surface area contributed by atoms with E-state index in [2.05, 4.69) is 0 Å². The van der Waals surface area contributed by atoms with E-state index < -0.39 is 5.60 Å². The van der Waals surface area contributed by atoms with Gasteiger partial charge >= 0.3 is 6.09 Å². The predicted octanol–water partition coefficient (Wildman–Crippen LogP) is 3.29. The molecule has 142 valence electrons. The molecule has 2 atom stereocenters. The van der Waals surface area contributed by atoms with Crippen LogP contribution in [0.3, 0.4) is 0 Å². The molecule has 2 bridgehead atoms. The number of carbonyl (C=O) groups is 2. The average molecular weight is 361 g/mol. The van der Waals surface area contributed by atoms with Crippen LogP contribution in [0.15, 0.2) is 24.3 Å². The zero-order valence-electron chi connectivity index (χ0n) is 15.9. The number of amides is 1. The first-order chi connectivity index (χ1) is 12.3. The summed E-state index contributed by atoms with van der Waals surface area (Å²) in [6.07, 6.45) is 0.862. The summed E-state index contributed by atoms with van der Waals surface area (Å²) in [5.41, 5.74) is 0.110.